The molecule has 0 aliphatic carbocycles. The standard InChI is InChI=1S/C20H22ClN3O3/c1-24-16(13-6-5-7-15(21)10-13)12-23-20(24)22-11-14-8-9-17(25-2)19(27-4)18(14)26-3/h5-10,12H,11H2,1-4H3,(H,22,23). The third-order valence-electron chi connectivity index (χ3n) is 4.33. The summed E-state index contributed by atoms with van der Waals surface area (Å²) in [4.78, 5) is 4.48. The summed E-state index contributed by atoms with van der Waals surface area (Å²) < 4.78 is 18.3. The second-order valence-corrected chi connectivity index (χ2v) is 6.32. The number of nitrogens with zero attached hydrogens (tertiary/aromatic N) is 2. The van der Waals surface area contributed by atoms with Crippen LogP contribution in [-0.2, 0) is 13.6 Å². The van der Waals surface area contributed by atoms with Crippen LogP contribution in [0.15, 0.2) is 42.6 Å². The van der Waals surface area contributed by atoms with Crippen LogP contribution in [-0.4, -0.2) is 30.9 Å². The summed E-state index contributed by atoms with van der Waals surface area (Å²) in [6.45, 7) is 0.517. The molecule has 3 aromatic rings. The quantitative estimate of drug-likeness (QED) is 0.652. The fraction of sp³-hybridized carbons (Fsp3) is 0.250. The number of imidazole rings is 1. The highest BCUT2D eigenvalue weighted by atomic mass is 35.5. The van der Waals surface area contributed by atoms with Crippen LogP contribution < -0.4 is 19.5 Å². The highest BCUT2D eigenvalue weighted by molar-refractivity contribution is 6.30. The van der Waals surface area contributed by atoms with Gasteiger partial charge in [-0.2, -0.15) is 0 Å². The third-order valence-corrected chi connectivity index (χ3v) is 4.57. The predicted molar refractivity (Wildman–Crippen MR) is 107 cm³/mol. The first-order valence-electron chi connectivity index (χ1n) is 8.38. The molecular formula is C20H22ClN3O3. The number of methoxy groups -OCH3 is 3. The van der Waals surface area contributed by atoms with Gasteiger partial charge in [-0.3, -0.25) is 0 Å². The summed E-state index contributed by atoms with van der Waals surface area (Å²) in [5.74, 6) is 2.56. The van der Waals surface area contributed by atoms with Crippen molar-refractivity contribution in [2.45, 2.75) is 6.54 Å². The second kappa shape index (κ2) is 8.22. The van der Waals surface area contributed by atoms with Crippen molar-refractivity contribution in [1.29, 1.82) is 0 Å². The summed E-state index contributed by atoms with van der Waals surface area (Å²) in [5.41, 5.74) is 2.91. The Hall–Kier alpha value is -2.86. The number of benzene rings is 2. The topological polar surface area (TPSA) is 57.5 Å². The van der Waals surface area contributed by atoms with Gasteiger partial charge in [0.25, 0.3) is 0 Å². The number of hydrogen-bond acceptors (Lipinski definition) is 5. The zero-order valence-corrected chi connectivity index (χ0v) is 16.5. The molecule has 0 amide bonds. The molecule has 0 fully saturated rings. The first-order chi connectivity index (χ1) is 13.1. The summed E-state index contributed by atoms with van der Waals surface area (Å²) in [6, 6.07) is 11.5. The van der Waals surface area contributed by atoms with Crippen molar-refractivity contribution in [1.82, 2.24) is 9.55 Å². The van der Waals surface area contributed by atoms with Gasteiger partial charge in [-0.05, 0) is 24.3 Å². The summed E-state index contributed by atoms with van der Waals surface area (Å²) in [7, 11) is 6.75. The Morgan fingerprint density at radius 3 is 2.48 bits per heavy atom. The normalized spacial score (nSPS) is 10.6. The number of aromatic nitrogens is 2. The Morgan fingerprint density at radius 2 is 1.81 bits per heavy atom. The van der Waals surface area contributed by atoms with E-state index in [1.165, 1.54) is 0 Å². The second-order valence-electron chi connectivity index (χ2n) is 5.88. The highest BCUT2D eigenvalue weighted by Crippen LogP contribution is 2.40. The summed E-state index contributed by atoms with van der Waals surface area (Å²) in [5, 5.41) is 4.03. The molecule has 1 heterocycles. The van der Waals surface area contributed by atoms with Gasteiger partial charge in [0.15, 0.2) is 11.5 Å². The van der Waals surface area contributed by atoms with Gasteiger partial charge in [0.1, 0.15) is 0 Å². The number of rotatable bonds is 7. The van der Waals surface area contributed by atoms with E-state index in [9.17, 15) is 0 Å². The van der Waals surface area contributed by atoms with Crippen LogP contribution in [0.1, 0.15) is 5.56 Å². The molecule has 1 N–H and O–H groups in total. The van der Waals surface area contributed by atoms with Crippen molar-refractivity contribution in [2.24, 2.45) is 7.05 Å². The molecule has 0 bridgehead atoms. The number of anilines is 1. The Balaban J connectivity index is 1.84. The molecule has 0 saturated carbocycles. The van der Waals surface area contributed by atoms with Gasteiger partial charge in [-0.25, -0.2) is 4.98 Å². The monoisotopic (exact) mass is 387 g/mol. The molecule has 0 spiro atoms. The molecule has 0 radical (unpaired) electrons. The zero-order valence-electron chi connectivity index (χ0n) is 15.7. The van der Waals surface area contributed by atoms with Crippen LogP contribution in [0.2, 0.25) is 5.02 Å². The van der Waals surface area contributed by atoms with Crippen LogP contribution in [0.5, 0.6) is 17.2 Å². The van der Waals surface area contributed by atoms with Gasteiger partial charge in [0.2, 0.25) is 11.7 Å². The molecule has 7 heteroatoms. The van der Waals surface area contributed by atoms with Crippen LogP contribution in [0.3, 0.4) is 0 Å². The summed E-state index contributed by atoms with van der Waals surface area (Å²) in [6.07, 6.45) is 1.82. The number of nitrogens with one attached hydrogen (secondary N) is 1. The molecule has 0 aliphatic heterocycles. The lowest BCUT2D eigenvalue weighted by Gasteiger charge is -2.16. The smallest absolute Gasteiger partial charge is 0.203 e. The third kappa shape index (κ3) is 3.80. The van der Waals surface area contributed by atoms with E-state index in [0.29, 0.717) is 28.8 Å². The maximum absolute atomic E-state index is 6.10. The molecule has 3 rings (SSSR count). The SMILES string of the molecule is COc1ccc(CNc2ncc(-c3cccc(Cl)c3)n2C)c(OC)c1OC. The van der Waals surface area contributed by atoms with Crippen LogP contribution in [0.4, 0.5) is 5.95 Å². The predicted octanol–water partition coefficient (Wildman–Crippen LogP) is 4.38. The molecule has 6 nitrogen and oxygen atoms in total. The fourth-order valence-electron chi connectivity index (χ4n) is 2.97. The van der Waals surface area contributed by atoms with E-state index in [1.54, 1.807) is 21.3 Å². The lowest BCUT2D eigenvalue weighted by molar-refractivity contribution is 0.322. The molecular weight excluding hydrogens is 366 g/mol. The van der Waals surface area contributed by atoms with Crippen LogP contribution in [0, 0.1) is 0 Å². The Bertz CT molecular complexity index is 940. The Labute approximate surface area is 163 Å². The van der Waals surface area contributed by atoms with Gasteiger partial charge in [0, 0.05) is 29.7 Å². The van der Waals surface area contributed by atoms with Crippen LogP contribution >= 0.6 is 11.6 Å². The molecule has 0 atom stereocenters. The van der Waals surface area contributed by atoms with Crippen molar-refractivity contribution in [3.63, 3.8) is 0 Å². The zero-order chi connectivity index (χ0) is 19.4. The van der Waals surface area contributed by atoms with Gasteiger partial charge >= 0.3 is 0 Å². The van der Waals surface area contributed by atoms with Crippen molar-refractivity contribution in [2.75, 3.05) is 26.6 Å². The average Bonchev–Trinajstić information content (AvgIpc) is 3.05. The maximum Gasteiger partial charge on any atom is 0.203 e. The van der Waals surface area contributed by atoms with Gasteiger partial charge < -0.3 is 24.1 Å². The van der Waals surface area contributed by atoms with Gasteiger partial charge in [-0.1, -0.05) is 23.7 Å². The summed E-state index contributed by atoms with van der Waals surface area (Å²) >= 11 is 6.10. The minimum Gasteiger partial charge on any atom is -0.493 e. The first kappa shape index (κ1) is 18.9. The molecule has 27 heavy (non-hydrogen) atoms. The molecule has 2 aromatic carbocycles. The van der Waals surface area contributed by atoms with Gasteiger partial charge in [0.05, 0.1) is 33.2 Å². The van der Waals surface area contributed by atoms with E-state index in [0.717, 1.165) is 22.8 Å². The van der Waals surface area contributed by atoms with Crippen LogP contribution in [0.25, 0.3) is 11.3 Å². The molecule has 0 aliphatic rings. The fourth-order valence-corrected chi connectivity index (χ4v) is 3.16. The average molecular weight is 388 g/mol. The minimum absolute atomic E-state index is 0.517. The van der Waals surface area contributed by atoms with E-state index in [1.807, 2.05) is 54.2 Å². The molecule has 1 aromatic heterocycles. The number of hydrogen-bond donors (Lipinski definition) is 1. The lowest BCUT2D eigenvalue weighted by Crippen LogP contribution is -2.07. The van der Waals surface area contributed by atoms with Crippen molar-refractivity contribution in [3.05, 3.63) is 53.2 Å². The first-order valence-corrected chi connectivity index (χ1v) is 8.76. The van der Waals surface area contributed by atoms with E-state index in [2.05, 4.69) is 10.3 Å². The number of ether oxygens (including phenoxy) is 3. The van der Waals surface area contributed by atoms with Crippen molar-refractivity contribution in [3.8, 4) is 28.5 Å². The maximum atomic E-state index is 6.10. The molecule has 0 unspecified atom stereocenters. The van der Waals surface area contributed by atoms with E-state index < -0.39 is 0 Å². The number of halogens is 1. The minimum atomic E-state index is 0.517. The van der Waals surface area contributed by atoms with Crippen molar-refractivity contribution >= 4 is 17.5 Å². The van der Waals surface area contributed by atoms with E-state index >= 15 is 0 Å². The highest BCUT2D eigenvalue weighted by Gasteiger charge is 2.16. The Morgan fingerprint density at radius 1 is 1.04 bits per heavy atom. The van der Waals surface area contributed by atoms with Crippen molar-refractivity contribution < 1.29 is 14.2 Å². The largest absolute Gasteiger partial charge is 0.493 e. The Kier molecular flexibility index (Phi) is 5.76. The molecule has 0 saturated heterocycles. The van der Waals surface area contributed by atoms with E-state index in [4.69, 9.17) is 25.8 Å². The lowest BCUT2D eigenvalue weighted by atomic mass is 10.1. The van der Waals surface area contributed by atoms with E-state index in [-0.39, 0.29) is 0 Å². The molecule has 142 valence electrons. The van der Waals surface area contributed by atoms with Gasteiger partial charge in [-0.15, -0.1) is 0 Å².